The summed E-state index contributed by atoms with van der Waals surface area (Å²) in [4.78, 5) is 5.73. The topological polar surface area (TPSA) is 64.4 Å². The van der Waals surface area contributed by atoms with Crippen LogP contribution in [0.4, 0.5) is 17.1 Å². The molecule has 0 unspecified atom stereocenters. The van der Waals surface area contributed by atoms with E-state index in [2.05, 4.69) is 15.7 Å². The van der Waals surface area contributed by atoms with Crippen LogP contribution in [-0.2, 0) is 11.4 Å². The first kappa shape index (κ1) is 21.6. The predicted molar refractivity (Wildman–Crippen MR) is 128 cm³/mol. The van der Waals surface area contributed by atoms with Crippen molar-refractivity contribution in [3.63, 3.8) is 0 Å². The zero-order valence-electron chi connectivity index (χ0n) is 17.7. The first-order valence-electron chi connectivity index (χ1n) is 9.96. The third kappa shape index (κ3) is 4.82. The number of nitrogens with one attached hydrogen (secondary N) is 1. The lowest BCUT2D eigenvalue weighted by molar-refractivity contribution is 0.177. The van der Waals surface area contributed by atoms with Gasteiger partial charge in [-0.1, -0.05) is 54.1 Å². The summed E-state index contributed by atoms with van der Waals surface area (Å²) in [5, 5.41) is 11.4. The Morgan fingerprint density at radius 3 is 2.41 bits per heavy atom. The number of anilines is 1. The Morgan fingerprint density at radius 2 is 1.62 bits per heavy atom. The average molecular weight is 448 g/mol. The maximum absolute atomic E-state index is 6.14. The number of rotatable bonds is 8. The van der Waals surface area contributed by atoms with Crippen molar-refractivity contribution in [2.75, 3.05) is 19.7 Å². The van der Waals surface area contributed by atoms with Gasteiger partial charge < -0.3 is 9.47 Å². The van der Waals surface area contributed by atoms with Gasteiger partial charge in [-0.2, -0.15) is 0 Å². The summed E-state index contributed by atoms with van der Waals surface area (Å²) in [6.45, 7) is 0.270. The molecule has 4 rings (SSSR count). The molecular formula is C25H22ClN3O3. The van der Waals surface area contributed by atoms with Gasteiger partial charge in [0.1, 0.15) is 23.7 Å². The van der Waals surface area contributed by atoms with Gasteiger partial charge in [-0.25, -0.2) is 0 Å². The van der Waals surface area contributed by atoms with E-state index >= 15 is 0 Å². The summed E-state index contributed by atoms with van der Waals surface area (Å²) in [5.41, 5.74) is 5.78. The Kier molecular flexibility index (Phi) is 6.84. The molecule has 0 heterocycles. The molecule has 0 aliphatic heterocycles. The molecule has 1 N–H and O–H groups in total. The van der Waals surface area contributed by atoms with Gasteiger partial charge in [0.05, 0.1) is 19.9 Å². The Morgan fingerprint density at radius 1 is 0.844 bits per heavy atom. The van der Waals surface area contributed by atoms with Gasteiger partial charge in [0.15, 0.2) is 5.75 Å². The van der Waals surface area contributed by atoms with E-state index in [1.165, 1.54) is 0 Å². The average Bonchev–Trinajstić information content (AvgIpc) is 2.83. The molecule has 32 heavy (non-hydrogen) atoms. The number of benzene rings is 4. The molecule has 0 spiro atoms. The van der Waals surface area contributed by atoms with Gasteiger partial charge in [-0.05, 0) is 41.8 Å². The van der Waals surface area contributed by atoms with Crippen molar-refractivity contribution in [2.24, 2.45) is 10.2 Å². The van der Waals surface area contributed by atoms with E-state index in [0.717, 1.165) is 22.0 Å². The van der Waals surface area contributed by atoms with Crippen LogP contribution >= 0.6 is 11.6 Å². The SMILES string of the molecule is COc1ccc(Cl)cc1N=Nc1c(OC)c(CONc2ccccc2)cc2ccccc12. The van der Waals surface area contributed by atoms with Crippen molar-refractivity contribution in [3.05, 3.63) is 89.4 Å². The maximum atomic E-state index is 6.14. The third-order valence-corrected chi connectivity index (χ3v) is 5.08. The maximum Gasteiger partial charge on any atom is 0.152 e. The van der Waals surface area contributed by atoms with Crippen LogP contribution in [0.15, 0.2) is 89.1 Å². The third-order valence-electron chi connectivity index (χ3n) is 4.85. The van der Waals surface area contributed by atoms with Gasteiger partial charge in [0.25, 0.3) is 0 Å². The van der Waals surface area contributed by atoms with Crippen LogP contribution in [0.5, 0.6) is 11.5 Å². The second-order valence-corrected chi connectivity index (χ2v) is 7.35. The van der Waals surface area contributed by atoms with Crippen LogP contribution in [0.3, 0.4) is 0 Å². The quantitative estimate of drug-likeness (QED) is 0.225. The largest absolute Gasteiger partial charge is 0.494 e. The van der Waals surface area contributed by atoms with E-state index in [1.54, 1.807) is 32.4 Å². The Hall–Kier alpha value is -3.61. The molecule has 0 saturated carbocycles. The van der Waals surface area contributed by atoms with Crippen LogP contribution in [-0.4, -0.2) is 14.2 Å². The Balaban J connectivity index is 1.71. The number of hydrogen-bond donors (Lipinski definition) is 1. The van der Waals surface area contributed by atoms with Crippen molar-refractivity contribution < 1.29 is 14.3 Å². The summed E-state index contributed by atoms with van der Waals surface area (Å²) < 4.78 is 11.1. The van der Waals surface area contributed by atoms with Gasteiger partial charge in [0, 0.05) is 16.0 Å². The molecule has 0 bridgehead atoms. The van der Waals surface area contributed by atoms with Crippen LogP contribution in [0, 0.1) is 0 Å². The van der Waals surface area contributed by atoms with E-state index in [9.17, 15) is 0 Å². The van der Waals surface area contributed by atoms with Crippen molar-refractivity contribution in [1.29, 1.82) is 0 Å². The highest BCUT2D eigenvalue weighted by Gasteiger charge is 2.15. The summed E-state index contributed by atoms with van der Waals surface area (Å²) in [7, 11) is 3.19. The zero-order chi connectivity index (χ0) is 22.3. The number of hydrogen-bond acceptors (Lipinski definition) is 6. The summed E-state index contributed by atoms with van der Waals surface area (Å²) in [6, 6.07) is 24.8. The Labute approximate surface area is 191 Å². The molecule has 0 fully saturated rings. The number of azo groups is 1. The minimum absolute atomic E-state index is 0.270. The highest BCUT2D eigenvalue weighted by atomic mass is 35.5. The number of fused-ring (bicyclic) bond motifs is 1. The highest BCUT2D eigenvalue weighted by molar-refractivity contribution is 6.30. The lowest BCUT2D eigenvalue weighted by Gasteiger charge is -2.14. The van der Waals surface area contributed by atoms with Crippen molar-refractivity contribution in [1.82, 2.24) is 0 Å². The van der Waals surface area contributed by atoms with E-state index < -0.39 is 0 Å². The van der Waals surface area contributed by atoms with Gasteiger partial charge in [0.2, 0.25) is 0 Å². The van der Waals surface area contributed by atoms with Crippen LogP contribution in [0.25, 0.3) is 10.8 Å². The molecule has 162 valence electrons. The van der Waals surface area contributed by atoms with Gasteiger partial charge in [-0.15, -0.1) is 10.2 Å². The first-order chi connectivity index (χ1) is 15.7. The predicted octanol–water partition coefficient (Wildman–Crippen LogP) is 7.47. The molecule has 0 aromatic heterocycles. The number of methoxy groups -OCH3 is 2. The summed E-state index contributed by atoms with van der Waals surface area (Å²) in [6.07, 6.45) is 0. The molecule has 4 aromatic carbocycles. The molecule has 4 aromatic rings. The normalized spacial score (nSPS) is 11.1. The van der Waals surface area contributed by atoms with Crippen LogP contribution in [0.2, 0.25) is 5.02 Å². The number of ether oxygens (including phenoxy) is 2. The smallest absolute Gasteiger partial charge is 0.152 e. The standard InChI is InChI=1S/C25H22ClN3O3/c1-30-23-13-12-19(26)15-22(23)27-28-24-21-11-7-6-8-17(21)14-18(25(24)31-2)16-32-29-20-9-4-3-5-10-20/h3-15,29H,16H2,1-2H3. The lowest BCUT2D eigenvalue weighted by atomic mass is 10.0. The monoisotopic (exact) mass is 447 g/mol. The molecule has 0 amide bonds. The molecule has 0 atom stereocenters. The highest BCUT2D eigenvalue weighted by Crippen LogP contribution is 2.41. The second-order valence-electron chi connectivity index (χ2n) is 6.91. The van der Waals surface area contributed by atoms with Crippen molar-refractivity contribution >= 4 is 39.4 Å². The zero-order valence-corrected chi connectivity index (χ0v) is 18.5. The molecule has 0 aliphatic carbocycles. The fourth-order valence-electron chi connectivity index (χ4n) is 3.35. The van der Waals surface area contributed by atoms with Gasteiger partial charge >= 0.3 is 0 Å². The van der Waals surface area contributed by atoms with Crippen molar-refractivity contribution in [2.45, 2.75) is 6.61 Å². The van der Waals surface area contributed by atoms with Crippen LogP contribution in [0.1, 0.15) is 5.56 Å². The van der Waals surface area contributed by atoms with Crippen molar-refractivity contribution in [3.8, 4) is 11.5 Å². The lowest BCUT2D eigenvalue weighted by Crippen LogP contribution is -2.03. The fraction of sp³-hybridized carbons (Fsp3) is 0.120. The Bertz CT molecular complexity index is 1250. The number of halogens is 1. The molecule has 7 heteroatoms. The second kappa shape index (κ2) is 10.1. The number of para-hydroxylation sites is 1. The molecule has 0 aliphatic rings. The molecule has 0 radical (unpaired) electrons. The summed E-state index contributed by atoms with van der Waals surface area (Å²) in [5.74, 6) is 1.16. The van der Waals surface area contributed by atoms with E-state index in [1.807, 2.05) is 60.7 Å². The minimum atomic E-state index is 0.270. The van der Waals surface area contributed by atoms with Gasteiger partial charge in [-0.3, -0.25) is 10.3 Å². The molecule has 6 nitrogen and oxygen atoms in total. The number of nitrogens with zero attached hydrogens (tertiary/aromatic N) is 2. The first-order valence-corrected chi connectivity index (χ1v) is 10.3. The van der Waals surface area contributed by atoms with E-state index in [-0.39, 0.29) is 6.61 Å². The minimum Gasteiger partial charge on any atom is -0.494 e. The molecular weight excluding hydrogens is 426 g/mol. The van der Waals surface area contributed by atoms with Crippen LogP contribution < -0.4 is 15.0 Å². The fourth-order valence-corrected chi connectivity index (χ4v) is 3.52. The van der Waals surface area contributed by atoms with E-state index in [4.69, 9.17) is 25.9 Å². The molecule has 0 saturated heterocycles. The van der Waals surface area contributed by atoms with E-state index in [0.29, 0.717) is 27.9 Å². The summed E-state index contributed by atoms with van der Waals surface area (Å²) >= 11 is 6.14.